The molecule has 3 heterocycles. The highest BCUT2D eigenvalue weighted by Crippen LogP contribution is 2.23. The predicted octanol–water partition coefficient (Wildman–Crippen LogP) is 3.19. The van der Waals surface area contributed by atoms with E-state index in [-0.39, 0.29) is 0 Å². The van der Waals surface area contributed by atoms with E-state index < -0.39 is 0 Å². The number of nitrogens with one attached hydrogen (secondary N) is 1. The molecule has 0 atom stereocenters. The minimum Gasteiger partial charge on any atom is -0.444 e. The summed E-state index contributed by atoms with van der Waals surface area (Å²) >= 11 is 0. The molecule has 0 radical (unpaired) electrons. The van der Waals surface area contributed by atoms with Crippen molar-refractivity contribution in [2.45, 2.75) is 0 Å². The van der Waals surface area contributed by atoms with Crippen molar-refractivity contribution >= 4 is 28.6 Å². The zero-order chi connectivity index (χ0) is 18.9. The molecule has 2 aromatic carbocycles. The van der Waals surface area contributed by atoms with Gasteiger partial charge in [-0.05, 0) is 36.4 Å². The van der Waals surface area contributed by atoms with Crippen LogP contribution in [0.5, 0.6) is 0 Å². The lowest BCUT2D eigenvalue weighted by Gasteiger charge is -2.08. The number of anilines is 3. The third-order valence-electron chi connectivity index (χ3n) is 4.20. The van der Waals surface area contributed by atoms with Crippen LogP contribution in [0.3, 0.4) is 0 Å². The third-order valence-corrected chi connectivity index (χ3v) is 4.20. The zero-order valence-corrected chi connectivity index (χ0v) is 14.5. The molecule has 5 rings (SSSR count). The Morgan fingerprint density at radius 2 is 1.82 bits per heavy atom. The lowest BCUT2D eigenvalue weighted by Crippen LogP contribution is -2.08. The molecule has 0 spiro atoms. The highest BCUT2D eigenvalue weighted by molar-refractivity contribution is 5.80. The van der Waals surface area contributed by atoms with Gasteiger partial charge >= 0.3 is 0 Å². The molecule has 0 unspecified atom stereocenters. The SMILES string of the molecule is Nc1nc2ccccc2n1-c1ncnc(Nc2ccc(-c3cnco3)cc2)n1. The van der Waals surface area contributed by atoms with Crippen LogP contribution >= 0.6 is 0 Å². The molecule has 3 aromatic heterocycles. The number of hydrogen-bond donors (Lipinski definition) is 2. The average Bonchev–Trinajstić information content (AvgIpc) is 3.36. The fourth-order valence-electron chi connectivity index (χ4n) is 2.92. The summed E-state index contributed by atoms with van der Waals surface area (Å²) in [5, 5.41) is 3.16. The number of nitrogens with two attached hydrogens (primary N) is 1. The fraction of sp³-hybridized carbons (Fsp3) is 0. The molecule has 5 aromatic rings. The molecule has 9 heteroatoms. The maximum Gasteiger partial charge on any atom is 0.241 e. The van der Waals surface area contributed by atoms with E-state index in [2.05, 4.69) is 30.2 Å². The lowest BCUT2D eigenvalue weighted by atomic mass is 10.2. The topological polar surface area (TPSA) is 121 Å². The Labute approximate surface area is 158 Å². The Hall–Kier alpha value is -4.27. The predicted molar refractivity (Wildman–Crippen MR) is 104 cm³/mol. The highest BCUT2D eigenvalue weighted by atomic mass is 16.3. The van der Waals surface area contributed by atoms with Gasteiger partial charge in [0, 0.05) is 11.3 Å². The van der Waals surface area contributed by atoms with E-state index in [1.54, 1.807) is 10.8 Å². The molecule has 0 amide bonds. The number of benzene rings is 2. The largest absolute Gasteiger partial charge is 0.444 e. The number of para-hydroxylation sites is 2. The number of rotatable bonds is 4. The molecule has 0 fully saturated rings. The van der Waals surface area contributed by atoms with Crippen molar-refractivity contribution < 1.29 is 4.42 Å². The second-order valence-corrected chi connectivity index (χ2v) is 5.97. The summed E-state index contributed by atoms with van der Waals surface area (Å²) in [5.41, 5.74) is 9.42. The molecular weight excluding hydrogens is 356 g/mol. The summed E-state index contributed by atoms with van der Waals surface area (Å²) in [6.07, 6.45) is 4.50. The van der Waals surface area contributed by atoms with Gasteiger partial charge in [0.05, 0.1) is 17.2 Å². The normalized spacial score (nSPS) is 11.0. The van der Waals surface area contributed by atoms with Crippen LogP contribution in [0.2, 0.25) is 0 Å². The lowest BCUT2D eigenvalue weighted by molar-refractivity contribution is 0.572. The van der Waals surface area contributed by atoms with E-state index in [4.69, 9.17) is 10.2 Å². The second kappa shape index (κ2) is 6.47. The Bertz CT molecular complexity index is 1240. The van der Waals surface area contributed by atoms with Crippen molar-refractivity contribution in [3.8, 4) is 17.3 Å². The summed E-state index contributed by atoms with van der Waals surface area (Å²) < 4.78 is 6.99. The Kier molecular flexibility index (Phi) is 3.68. The minimum absolute atomic E-state index is 0.315. The number of aromatic nitrogens is 6. The van der Waals surface area contributed by atoms with Crippen LogP contribution in [0.4, 0.5) is 17.6 Å². The van der Waals surface area contributed by atoms with Gasteiger partial charge in [0.2, 0.25) is 17.8 Å². The van der Waals surface area contributed by atoms with Gasteiger partial charge in [-0.1, -0.05) is 12.1 Å². The molecule has 0 aliphatic carbocycles. The van der Waals surface area contributed by atoms with Gasteiger partial charge < -0.3 is 15.5 Å². The molecule has 0 aliphatic rings. The van der Waals surface area contributed by atoms with Crippen LogP contribution in [0.1, 0.15) is 0 Å². The average molecular weight is 370 g/mol. The molecule has 9 nitrogen and oxygen atoms in total. The fourth-order valence-corrected chi connectivity index (χ4v) is 2.92. The number of nitrogen functional groups attached to an aromatic ring is 1. The van der Waals surface area contributed by atoms with Crippen LogP contribution in [-0.2, 0) is 0 Å². The van der Waals surface area contributed by atoms with Crippen molar-refractivity contribution in [2.24, 2.45) is 0 Å². The summed E-state index contributed by atoms with van der Waals surface area (Å²) in [6.45, 7) is 0. The molecule has 0 saturated heterocycles. The summed E-state index contributed by atoms with van der Waals surface area (Å²) in [7, 11) is 0. The quantitative estimate of drug-likeness (QED) is 0.495. The maximum absolute atomic E-state index is 6.07. The third kappa shape index (κ3) is 2.80. The van der Waals surface area contributed by atoms with Gasteiger partial charge in [-0.2, -0.15) is 4.98 Å². The Morgan fingerprint density at radius 3 is 2.64 bits per heavy atom. The maximum atomic E-state index is 6.07. The Balaban J connectivity index is 1.45. The number of fused-ring (bicyclic) bond motifs is 1. The molecule has 28 heavy (non-hydrogen) atoms. The standard InChI is InChI=1S/C19H14N8O/c20-17-25-14-3-1-2-4-15(14)27(17)19-23-10-22-18(26-19)24-13-7-5-12(6-8-13)16-9-21-11-28-16/h1-11H,(H2,20,25)(H,22,23,24,26). The second-order valence-electron chi connectivity index (χ2n) is 5.97. The van der Waals surface area contributed by atoms with Crippen molar-refractivity contribution in [1.29, 1.82) is 0 Å². The first-order valence-electron chi connectivity index (χ1n) is 8.46. The first-order chi connectivity index (χ1) is 13.8. The van der Waals surface area contributed by atoms with Crippen molar-refractivity contribution in [1.82, 2.24) is 29.5 Å². The van der Waals surface area contributed by atoms with E-state index in [0.717, 1.165) is 22.3 Å². The summed E-state index contributed by atoms with van der Waals surface area (Å²) in [4.78, 5) is 21.2. The van der Waals surface area contributed by atoms with E-state index >= 15 is 0 Å². The van der Waals surface area contributed by atoms with Crippen LogP contribution < -0.4 is 11.1 Å². The molecule has 0 aliphatic heterocycles. The van der Waals surface area contributed by atoms with Crippen LogP contribution in [0.25, 0.3) is 28.3 Å². The zero-order valence-electron chi connectivity index (χ0n) is 14.5. The highest BCUT2D eigenvalue weighted by Gasteiger charge is 2.13. The summed E-state index contributed by atoms with van der Waals surface area (Å²) in [5.74, 6) is 1.81. The van der Waals surface area contributed by atoms with Gasteiger partial charge in [0.15, 0.2) is 12.2 Å². The van der Waals surface area contributed by atoms with Crippen LogP contribution in [0.15, 0.2) is 71.9 Å². The van der Waals surface area contributed by atoms with Crippen molar-refractivity contribution in [2.75, 3.05) is 11.1 Å². The van der Waals surface area contributed by atoms with E-state index in [1.165, 1.54) is 12.7 Å². The monoisotopic (exact) mass is 370 g/mol. The molecule has 136 valence electrons. The molecule has 0 saturated carbocycles. The Morgan fingerprint density at radius 1 is 0.964 bits per heavy atom. The van der Waals surface area contributed by atoms with Gasteiger partial charge in [0.1, 0.15) is 6.33 Å². The van der Waals surface area contributed by atoms with Gasteiger partial charge in [-0.15, -0.1) is 0 Å². The van der Waals surface area contributed by atoms with Crippen molar-refractivity contribution in [3.05, 3.63) is 67.4 Å². The van der Waals surface area contributed by atoms with Gasteiger partial charge in [-0.3, -0.25) is 0 Å². The minimum atomic E-state index is 0.315. The number of imidazole rings is 1. The van der Waals surface area contributed by atoms with Gasteiger partial charge in [0.25, 0.3) is 0 Å². The smallest absolute Gasteiger partial charge is 0.241 e. The number of oxazole rings is 1. The van der Waals surface area contributed by atoms with E-state index in [9.17, 15) is 0 Å². The van der Waals surface area contributed by atoms with Crippen LogP contribution in [0, 0.1) is 0 Å². The molecule has 3 N–H and O–H groups in total. The molecular formula is C19H14N8O. The van der Waals surface area contributed by atoms with Crippen LogP contribution in [-0.4, -0.2) is 29.5 Å². The number of nitrogens with zero attached hydrogens (tertiary/aromatic N) is 6. The van der Waals surface area contributed by atoms with Crippen molar-refractivity contribution in [3.63, 3.8) is 0 Å². The number of hydrogen-bond acceptors (Lipinski definition) is 8. The first-order valence-corrected chi connectivity index (χ1v) is 8.46. The van der Waals surface area contributed by atoms with Gasteiger partial charge in [-0.25, -0.2) is 24.5 Å². The van der Waals surface area contributed by atoms with E-state index in [1.807, 2.05) is 48.5 Å². The molecule has 0 bridgehead atoms. The van der Waals surface area contributed by atoms with E-state index in [0.29, 0.717) is 23.6 Å². The first kappa shape index (κ1) is 15.9. The summed E-state index contributed by atoms with van der Waals surface area (Å²) in [6, 6.07) is 15.3.